The van der Waals surface area contributed by atoms with E-state index in [9.17, 15) is 18.4 Å². The lowest BCUT2D eigenvalue weighted by Gasteiger charge is -2.40. The second-order valence-electron chi connectivity index (χ2n) is 9.52. The van der Waals surface area contributed by atoms with Crippen LogP contribution < -0.4 is 10.6 Å². The van der Waals surface area contributed by atoms with Crippen LogP contribution in [0.25, 0.3) is 0 Å². The average molecular weight is 469 g/mol. The highest BCUT2D eigenvalue weighted by Gasteiger charge is 2.44. The second-order valence-corrected chi connectivity index (χ2v) is 9.52. The van der Waals surface area contributed by atoms with Gasteiger partial charge in [0.15, 0.2) is 11.6 Å². The number of hydrogen-bond donors (Lipinski definition) is 2. The predicted octanol–water partition coefficient (Wildman–Crippen LogP) is 4.88. The number of alkyl halides is 2. The molecule has 3 atom stereocenters. The van der Waals surface area contributed by atoms with Crippen LogP contribution in [-0.2, 0) is 20.7 Å². The molecule has 182 valence electrons. The van der Waals surface area contributed by atoms with E-state index in [1.807, 2.05) is 54.6 Å². The Balaban J connectivity index is 1.54. The minimum Gasteiger partial charge on any atom is -0.299 e. The second kappa shape index (κ2) is 10.9. The number of carbonyl (C=O) groups is 2. The quantitative estimate of drug-likeness (QED) is 0.551. The van der Waals surface area contributed by atoms with Gasteiger partial charge in [0.2, 0.25) is 0 Å². The number of ketones is 2. The van der Waals surface area contributed by atoms with Gasteiger partial charge in [-0.3, -0.25) is 20.2 Å². The monoisotopic (exact) mass is 468 g/mol. The van der Waals surface area contributed by atoms with Crippen LogP contribution in [0.15, 0.2) is 54.6 Å². The van der Waals surface area contributed by atoms with E-state index in [2.05, 4.69) is 10.6 Å². The van der Waals surface area contributed by atoms with Crippen molar-refractivity contribution in [1.29, 1.82) is 0 Å². The van der Waals surface area contributed by atoms with Crippen LogP contribution in [0, 0.1) is 0 Å². The normalized spacial score (nSPS) is 27.6. The summed E-state index contributed by atoms with van der Waals surface area (Å²) >= 11 is 0. The standard InChI is InChI=1S/C28H34F2N2O2/c29-16-18-31-27(14-5-4-8-25(27)33)24-11-9-21(10-12-24)22-13-15-28(26(34)20-22,32-19-17-30)23-6-2-1-3-7-23/h1-3,6-7,9-12,22,31-32H,4-5,8,13-20H2/t22?,27-,28+/m0/s1. The van der Waals surface area contributed by atoms with Gasteiger partial charge >= 0.3 is 0 Å². The van der Waals surface area contributed by atoms with Crippen molar-refractivity contribution in [2.75, 3.05) is 26.4 Å². The fraction of sp³-hybridized carbons (Fsp3) is 0.500. The van der Waals surface area contributed by atoms with Gasteiger partial charge in [-0.05, 0) is 48.3 Å². The van der Waals surface area contributed by atoms with Crippen molar-refractivity contribution in [1.82, 2.24) is 10.6 Å². The van der Waals surface area contributed by atoms with Crippen molar-refractivity contribution >= 4 is 11.6 Å². The zero-order valence-electron chi connectivity index (χ0n) is 19.6. The van der Waals surface area contributed by atoms with Crippen molar-refractivity contribution < 1.29 is 18.4 Å². The van der Waals surface area contributed by atoms with Crippen molar-refractivity contribution in [3.8, 4) is 0 Å². The maximum atomic E-state index is 13.5. The molecule has 0 aliphatic heterocycles. The third-order valence-electron chi connectivity index (χ3n) is 7.64. The number of carbonyl (C=O) groups excluding carboxylic acids is 2. The van der Waals surface area contributed by atoms with E-state index in [-0.39, 0.29) is 30.6 Å². The Bertz CT molecular complexity index is 982. The van der Waals surface area contributed by atoms with Crippen molar-refractivity contribution in [3.63, 3.8) is 0 Å². The average Bonchev–Trinajstić information content (AvgIpc) is 2.88. The Morgan fingerprint density at radius 2 is 1.38 bits per heavy atom. The van der Waals surface area contributed by atoms with Gasteiger partial charge in [0, 0.05) is 25.9 Å². The highest BCUT2D eigenvalue weighted by atomic mass is 19.1. The molecule has 0 saturated heterocycles. The van der Waals surface area contributed by atoms with E-state index in [0.717, 1.165) is 36.0 Å². The van der Waals surface area contributed by atoms with Crippen LogP contribution in [0.1, 0.15) is 67.6 Å². The Kier molecular flexibility index (Phi) is 7.89. The lowest BCUT2D eigenvalue weighted by Crippen LogP contribution is -2.52. The number of halogens is 2. The van der Waals surface area contributed by atoms with E-state index in [0.29, 0.717) is 25.7 Å². The number of benzene rings is 2. The SMILES string of the molecule is O=C1CC(c2ccc([C@@]3(NCCF)CCCCC3=O)cc2)CC[C@@]1(NCCF)c1ccccc1. The molecule has 0 radical (unpaired) electrons. The highest BCUT2D eigenvalue weighted by Crippen LogP contribution is 2.42. The Labute approximate surface area is 200 Å². The molecule has 2 aliphatic carbocycles. The maximum Gasteiger partial charge on any atom is 0.158 e. The third-order valence-corrected chi connectivity index (χ3v) is 7.64. The number of hydrogen-bond acceptors (Lipinski definition) is 4. The maximum absolute atomic E-state index is 13.5. The summed E-state index contributed by atoms with van der Waals surface area (Å²) in [6.45, 7) is -0.749. The molecule has 2 aromatic rings. The summed E-state index contributed by atoms with van der Waals surface area (Å²) in [5, 5.41) is 6.39. The lowest BCUT2D eigenvalue weighted by molar-refractivity contribution is -0.129. The number of Topliss-reactive ketones (excluding diaryl/α,β-unsaturated/α-hetero) is 2. The van der Waals surface area contributed by atoms with Crippen LogP contribution >= 0.6 is 0 Å². The predicted molar refractivity (Wildman–Crippen MR) is 129 cm³/mol. The first kappa shape index (κ1) is 24.7. The minimum absolute atomic E-state index is 0.0716. The molecule has 4 rings (SSSR count). The van der Waals surface area contributed by atoms with Crippen LogP contribution in [-0.4, -0.2) is 38.0 Å². The summed E-state index contributed by atoms with van der Waals surface area (Å²) in [5.74, 6) is 0.276. The van der Waals surface area contributed by atoms with Crippen LogP contribution in [0.5, 0.6) is 0 Å². The molecule has 34 heavy (non-hydrogen) atoms. The fourth-order valence-electron chi connectivity index (χ4n) is 5.82. The Morgan fingerprint density at radius 3 is 1.97 bits per heavy atom. The first-order valence-electron chi connectivity index (χ1n) is 12.4. The van der Waals surface area contributed by atoms with Crippen molar-refractivity contribution in [2.24, 2.45) is 0 Å². The fourth-order valence-corrected chi connectivity index (χ4v) is 5.82. The molecular formula is C28H34F2N2O2. The van der Waals surface area contributed by atoms with Crippen molar-refractivity contribution in [2.45, 2.75) is 61.9 Å². The molecule has 2 N–H and O–H groups in total. The summed E-state index contributed by atoms with van der Waals surface area (Å²) in [5.41, 5.74) is 1.16. The van der Waals surface area contributed by atoms with Gasteiger partial charge in [-0.2, -0.15) is 0 Å². The lowest BCUT2D eigenvalue weighted by atomic mass is 9.69. The summed E-state index contributed by atoms with van der Waals surface area (Å²) < 4.78 is 25.9. The Hall–Kier alpha value is -2.44. The molecule has 0 spiro atoms. The van der Waals surface area contributed by atoms with Gasteiger partial charge in [-0.15, -0.1) is 0 Å². The summed E-state index contributed by atoms with van der Waals surface area (Å²) in [4.78, 5) is 26.3. The van der Waals surface area contributed by atoms with Crippen LogP contribution in [0.2, 0.25) is 0 Å². The molecule has 0 heterocycles. The highest BCUT2D eigenvalue weighted by molar-refractivity contribution is 5.91. The van der Waals surface area contributed by atoms with Gasteiger partial charge in [0.05, 0.1) is 0 Å². The molecule has 0 aromatic heterocycles. The molecule has 4 nitrogen and oxygen atoms in total. The molecule has 0 amide bonds. The zero-order valence-corrected chi connectivity index (χ0v) is 19.6. The molecule has 2 fully saturated rings. The van der Waals surface area contributed by atoms with E-state index in [1.165, 1.54) is 0 Å². The molecule has 2 saturated carbocycles. The van der Waals surface area contributed by atoms with Gasteiger partial charge in [0.25, 0.3) is 0 Å². The number of nitrogens with one attached hydrogen (secondary N) is 2. The largest absolute Gasteiger partial charge is 0.299 e. The van der Waals surface area contributed by atoms with E-state index < -0.39 is 24.4 Å². The van der Waals surface area contributed by atoms with Crippen LogP contribution in [0.4, 0.5) is 8.78 Å². The topological polar surface area (TPSA) is 58.2 Å². The van der Waals surface area contributed by atoms with Gasteiger partial charge in [-0.25, -0.2) is 8.78 Å². The van der Waals surface area contributed by atoms with E-state index >= 15 is 0 Å². The van der Waals surface area contributed by atoms with E-state index in [1.54, 1.807) is 0 Å². The first-order chi connectivity index (χ1) is 16.6. The zero-order chi connectivity index (χ0) is 24.0. The molecular weight excluding hydrogens is 434 g/mol. The van der Waals surface area contributed by atoms with Crippen LogP contribution in [0.3, 0.4) is 0 Å². The number of rotatable bonds is 9. The molecule has 0 bridgehead atoms. The van der Waals surface area contributed by atoms with Gasteiger partial charge in [0.1, 0.15) is 24.4 Å². The minimum atomic E-state index is -0.849. The molecule has 2 aliphatic rings. The summed E-state index contributed by atoms with van der Waals surface area (Å²) in [6, 6.07) is 17.6. The molecule has 1 unspecified atom stereocenters. The van der Waals surface area contributed by atoms with E-state index in [4.69, 9.17) is 0 Å². The summed E-state index contributed by atoms with van der Waals surface area (Å²) in [7, 11) is 0. The smallest absolute Gasteiger partial charge is 0.158 e. The first-order valence-corrected chi connectivity index (χ1v) is 12.4. The molecule has 2 aromatic carbocycles. The Morgan fingerprint density at radius 1 is 0.765 bits per heavy atom. The van der Waals surface area contributed by atoms with Gasteiger partial charge in [-0.1, -0.05) is 61.0 Å². The van der Waals surface area contributed by atoms with Crippen molar-refractivity contribution in [3.05, 3.63) is 71.3 Å². The van der Waals surface area contributed by atoms with Gasteiger partial charge < -0.3 is 0 Å². The third kappa shape index (κ3) is 4.71. The summed E-state index contributed by atoms with van der Waals surface area (Å²) in [6.07, 6.45) is 4.75. The molecule has 6 heteroatoms.